The standard InChI is InChI=1S/C25H26BrCl2NO2/c1-17(8-9-18-6-4-3-5-7-18)29-15-21-22(26)12-13-24(30-2)25(21)31-16-19-10-11-20(27)14-23(19)28/h3-7,10-14,17,29H,8-9,15-16H2,1-2H3. The fraction of sp³-hybridized carbons (Fsp3) is 0.280. The number of methoxy groups -OCH3 is 1. The highest BCUT2D eigenvalue weighted by Gasteiger charge is 2.16. The molecule has 3 rings (SSSR count). The van der Waals surface area contributed by atoms with Crippen molar-refractivity contribution in [1.29, 1.82) is 0 Å². The molecule has 0 aliphatic heterocycles. The predicted octanol–water partition coefficient (Wildman–Crippen LogP) is 7.45. The van der Waals surface area contributed by atoms with E-state index in [4.69, 9.17) is 32.7 Å². The molecule has 0 amide bonds. The predicted molar refractivity (Wildman–Crippen MR) is 133 cm³/mol. The summed E-state index contributed by atoms with van der Waals surface area (Å²) in [5.41, 5.74) is 3.22. The van der Waals surface area contributed by atoms with E-state index in [-0.39, 0.29) is 0 Å². The van der Waals surface area contributed by atoms with Crippen LogP contribution in [0.15, 0.2) is 65.1 Å². The van der Waals surface area contributed by atoms with Crippen LogP contribution in [0.3, 0.4) is 0 Å². The molecule has 1 unspecified atom stereocenters. The van der Waals surface area contributed by atoms with Gasteiger partial charge in [0.25, 0.3) is 0 Å². The van der Waals surface area contributed by atoms with Crippen LogP contribution in [0.1, 0.15) is 30.0 Å². The number of hydrogen-bond acceptors (Lipinski definition) is 3. The van der Waals surface area contributed by atoms with Gasteiger partial charge in [-0.3, -0.25) is 0 Å². The third-order valence-electron chi connectivity index (χ3n) is 5.11. The van der Waals surface area contributed by atoms with E-state index in [1.807, 2.05) is 24.3 Å². The second-order valence-corrected chi connectivity index (χ2v) is 9.09. The number of benzene rings is 3. The Morgan fingerprint density at radius 1 is 1.03 bits per heavy atom. The van der Waals surface area contributed by atoms with Crippen molar-refractivity contribution in [2.24, 2.45) is 0 Å². The average molecular weight is 523 g/mol. The van der Waals surface area contributed by atoms with Crippen molar-refractivity contribution >= 4 is 39.1 Å². The van der Waals surface area contributed by atoms with Gasteiger partial charge in [-0.05, 0) is 49.6 Å². The summed E-state index contributed by atoms with van der Waals surface area (Å²) in [5.74, 6) is 1.38. The molecule has 1 N–H and O–H groups in total. The molecule has 6 heteroatoms. The summed E-state index contributed by atoms with van der Waals surface area (Å²) in [6, 6.07) is 20.2. The van der Waals surface area contributed by atoms with Gasteiger partial charge in [0.2, 0.25) is 0 Å². The van der Waals surface area contributed by atoms with Gasteiger partial charge in [0, 0.05) is 38.2 Å². The Labute approximate surface area is 202 Å². The number of halogens is 3. The minimum Gasteiger partial charge on any atom is -0.493 e. The molecule has 3 aromatic carbocycles. The van der Waals surface area contributed by atoms with Crippen LogP contribution in [-0.4, -0.2) is 13.2 Å². The molecule has 0 bridgehead atoms. The van der Waals surface area contributed by atoms with Gasteiger partial charge in [0.15, 0.2) is 11.5 Å². The number of hydrogen-bond donors (Lipinski definition) is 1. The second kappa shape index (κ2) is 11.8. The zero-order chi connectivity index (χ0) is 22.2. The van der Waals surface area contributed by atoms with Crippen LogP contribution in [-0.2, 0) is 19.6 Å². The van der Waals surface area contributed by atoms with Crippen LogP contribution in [0.5, 0.6) is 11.5 Å². The van der Waals surface area contributed by atoms with Crippen molar-refractivity contribution in [1.82, 2.24) is 5.32 Å². The Bertz CT molecular complexity index is 998. The molecule has 0 saturated heterocycles. The second-order valence-electron chi connectivity index (χ2n) is 7.39. The maximum absolute atomic E-state index is 6.31. The van der Waals surface area contributed by atoms with Crippen molar-refractivity contribution in [2.75, 3.05) is 7.11 Å². The van der Waals surface area contributed by atoms with Gasteiger partial charge < -0.3 is 14.8 Å². The molecule has 0 heterocycles. The number of rotatable bonds is 10. The van der Waals surface area contributed by atoms with Crippen molar-refractivity contribution in [3.05, 3.63) is 91.9 Å². The number of nitrogens with one attached hydrogen (secondary N) is 1. The molecule has 164 valence electrons. The first kappa shape index (κ1) is 23.9. The van der Waals surface area contributed by atoms with Crippen LogP contribution in [0, 0.1) is 0 Å². The van der Waals surface area contributed by atoms with Gasteiger partial charge in [-0.1, -0.05) is 75.5 Å². The lowest BCUT2D eigenvalue weighted by molar-refractivity contribution is 0.280. The lowest BCUT2D eigenvalue weighted by Gasteiger charge is -2.20. The molecule has 1 atom stereocenters. The van der Waals surface area contributed by atoms with E-state index < -0.39 is 0 Å². The molecule has 0 saturated carbocycles. The van der Waals surface area contributed by atoms with Crippen LogP contribution in [0.4, 0.5) is 0 Å². The summed E-state index contributed by atoms with van der Waals surface area (Å²) >= 11 is 16.0. The summed E-state index contributed by atoms with van der Waals surface area (Å²) < 4.78 is 12.7. The maximum Gasteiger partial charge on any atom is 0.167 e. The monoisotopic (exact) mass is 521 g/mol. The van der Waals surface area contributed by atoms with Gasteiger partial charge in [-0.2, -0.15) is 0 Å². The molecule has 0 aliphatic carbocycles. The zero-order valence-electron chi connectivity index (χ0n) is 17.6. The van der Waals surface area contributed by atoms with Crippen LogP contribution in [0.25, 0.3) is 0 Å². The topological polar surface area (TPSA) is 30.5 Å². The SMILES string of the molecule is COc1ccc(Br)c(CNC(C)CCc2ccccc2)c1OCc1ccc(Cl)cc1Cl. The maximum atomic E-state index is 6.31. The minimum atomic E-state index is 0.319. The van der Waals surface area contributed by atoms with Crippen LogP contribution in [0.2, 0.25) is 10.0 Å². The molecular formula is C25H26BrCl2NO2. The Hall–Kier alpha value is -1.72. The van der Waals surface area contributed by atoms with E-state index in [2.05, 4.69) is 52.4 Å². The highest BCUT2D eigenvalue weighted by Crippen LogP contribution is 2.37. The molecule has 0 radical (unpaired) electrons. The first-order valence-corrected chi connectivity index (χ1v) is 11.7. The summed E-state index contributed by atoms with van der Waals surface area (Å²) in [7, 11) is 1.64. The molecule has 3 aromatic rings. The Balaban J connectivity index is 1.68. The van der Waals surface area contributed by atoms with E-state index in [1.54, 1.807) is 19.2 Å². The first-order chi connectivity index (χ1) is 15.0. The van der Waals surface area contributed by atoms with Crippen molar-refractivity contribution in [3.63, 3.8) is 0 Å². The lowest BCUT2D eigenvalue weighted by atomic mass is 10.1. The quantitative estimate of drug-likeness (QED) is 0.300. The first-order valence-electron chi connectivity index (χ1n) is 10.2. The lowest BCUT2D eigenvalue weighted by Crippen LogP contribution is -2.26. The smallest absolute Gasteiger partial charge is 0.167 e. The highest BCUT2D eigenvalue weighted by molar-refractivity contribution is 9.10. The molecule has 0 spiro atoms. The van der Waals surface area contributed by atoms with Gasteiger partial charge in [0.1, 0.15) is 6.61 Å². The summed E-state index contributed by atoms with van der Waals surface area (Å²) in [5, 5.41) is 4.79. The van der Waals surface area contributed by atoms with Crippen LogP contribution >= 0.6 is 39.1 Å². The minimum absolute atomic E-state index is 0.319. The third kappa shape index (κ3) is 6.88. The highest BCUT2D eigenvalue weighted by atomic mass is 79.9. The van der Waals surface area contributed by atoms with Gasteiger partial charge in [0.05, 0.1) is 7.11 Å². The summed E-state index contributed by atoms with van der Waals surface area (Å²) in [6.45, 7) is 3.17. The molecule has 31 heavy (non-hydrogen) atoms. The van der Waals surface area contributed by atoms with Crippen molar-refractivity contribution in [3.8, 4) is 11.5 Å². The van der Waals surface area contributed by atoms with E-state index in [0.29, 0.717) is 40.7 Å². The van der Waals surface area contributed by atoms with Crippen molar-refractivity contribution in [2.45, 2.75) is 39.0 Å². The Morgan fingerprint density at radius 3 is 2.52 bits per heavy atom. The zero-order valence-corrected chi connectivity index (χ0v) is 20.7. The normalized spacial score (nSPS) is 11.9. The Morgan fingerprint density at radius 2 is 1.81 bits per heavy atom. The largest absolute Gasteiger partial charge is 0.493 e. The molecule has 0 aromatic heterocycles. The van der Waals surface area contributed by atoms with Crippen LogP contribution < -0.4 is 14.8 Å². The molecule has 3 nitrogen and oxygen atoms in total. The van der Waals surface area contributed by atoms with E-state index >= 15 is 0 Å². The number of aryl methyl sites for hydroxylation is 1. The van der Waals surface area contributed by atoms with Crippen molar-refractivity contribution < 1.29 is 9.47 Å². The number of ether oxygens (including phenoxy) is 2. The summed E-state index contributed by atoms with van der Waals surface area (Å²) in [4.78, 5) is 0. The molecule has 0 fully saturated rings. The fourth-order valence-corrected chi connectivity index (χ4v) is 4.18. The molecule has 0 aliphatic rings. The third-order valence-corrected chi connectivity index (χ3v) is 6.44. The van der Waals surface area contributed by atoms with E-state index in [9.17, 15) is 0 Å². The fourth-order valence-electron chi connectivity index (χ4n) is 3.26. The average Bonchev–Trinajstić information content (AvgIpc) is 2.77. The van der Waals surface area contributed by atoms with E-state index in [1.165, 1.54) is 5.56 Å². The summed E-state index contributed by atoms with van der Waals surface area (Å²) in [6.07, 6.45) is 2.08. The van der Waals surface area contributed by atoms with E-state index in [0.717, 1.165) is 28.4 Å². The Kier molecular flexibility index (Phi) is 9.09. The van der Waals surface area contributed by atoms with Gasteiger partial charge in [-0.25, -0.2) is 0 Å². The molecular weight excluding hydrogens is 497 g/mol. The van der Waals surface area contributed by atoms with Gasteiger partial charge >= 0.3 is 0 Å². The van der Waals surface area contributed by atoms with Gasteiger partial charge in [-0.15, -0.1) is 0 Å².